The molecule has 140 valence electrons. The number of rotatable bonds is 3. The highest BCUT2D eigenvalue weighted by Gasteiger charge is 2.23. The number of nitrogens with zero attached hydrogens (tertiary/aromatic N) is 3. The number of aryl methyl sites for hydroxylation is 1. The summed E-state index contributed by atoms with van der Waals surface area (Å²) in [5.41, 5.74) is 2.50. The van der Waals surface area contributed by atoms with Crippen molar-refractivity contribution in [2.24, 2.45) is 7.05 Å². The second-order valence-corrected chi connectivity index (χ2v) is 7.16. The minimum Gasteiger partial charge on any atom is -0.340 e. The van der Waals surface area contributed by atoms with Gasteiger partial charge in [-0.25, -0.2) is 4.39 Å². The summed E-state index contributed by atoms with van der Waals surface area (Å²) in [5, 5.41) is 1.08. The van der Waals surface area contributed by atoms with E-state index in [4.69, 9.17) is 0 Å². The van der Waals surface area contributed by atoms with Gasteiger partial charge in [0.15, 0.2) is 0 Å². The zero-order chi connectivity index (χ0) is 18.8. The number of benzene rings is 2. The Morgan fingerprint density at radius 3 is 2.59 bits per heavy atom. The highest BCUT2D eigenvalue weighted by Crippen LogP contribution is 2.20. The molecule has 1 aliphatic rings. The second kappa shape index (κ2) is 7.53. The summed E-state index contributed by atoms with van der Waals surface area (Å²) in [5.74, 6) is -0.0911. The third-order valence-electron chi connectivity index (χ3n) is 5.40. The molecule has 1 fully saturated rings. The van der Waals surface area contributed by atoms with Gasteiger partial charge < -0.3 is 9.47 Å². The van der Waals surface area contributed by atoms with Crippen molar-refractivity contribution < 1.29 is 9.18 Å². The van der Waals surface area contributed by atoms with Gasteiger partial charge in [-0.1, -0.05) is 36.4 Å². The van der Waals surface area contributed by atoms with Crippen molar-refractivity contribution in [3.05, 3.63) is 71.7 Å². The molecule has 1 saturated heterocycles. The molecule has 27 heavy (non-hydrogen) atoms. The molecule has 0 saturated carbocycles. The Morgan fingerprint density at radius 2 is 1.78 bits per heavy atom. The molecule has 0 atom stereocenters. The predicted molar refractivity (Wildman–Crippen MR) is 105 cm³/mol. The lowest BCUT2D eigenvalue weighted by Gasteiger charge is -2.22. The number of halogens is 1. The maximum absolute atomic E-state index is 13.9. The molecule has 4 nitrogen and oxygen atoms in total. The van der Waals surface area contributed by atoms with Gasteiger partial charge in [-0.2, -0.15) is 0 Å². The fraction of sp³-hybridized carbons (Fsp3) is 0.318. The number of hydrogen-bond acceptors (Lipinski definition) is 2. The number of carbonyl (C=O) groups is 1. The molecular formula is C22H24FN3O. The van der Waals surface area contributed by atoms with Gasteiger partial charge >= 0.3 is 0 Å². The first-order valence-electron chi connectivity index (χ1n) is 9.43. The summed E-state index contributed by atoms with van der Waals surface area (Å²) in [7, 11) is 1.94. The lowest BCUT2D eigenvalue weighted by atomic mass is 10.2. The van der Waals surface area contributed by atoms with Crippen molar-refractivity contribution in [3.63, 3.8) is 0 Å². The van der Waals surface area contributed by atoms with Crippen molar-refractivity contribution in [2.75, 3.05) is 26.2 Å². The lowest BCUT2D eigenvalue weighted by Crippen LogP contribution is -2.36. The summed E-state index contributed by atoms with van der Waals surface area (Å²) < 4.78 is 15.9. The molecule has 1 amide bonds. The fourth-order valence-electron chi connectivity index (χ4n) is 3.86. The smallest absolute Gasteiger partial charge is 0.270 e. The van der Waals surface area contributed by atoms with Gasteiger partial charge in [0.1, 0.15) is 11.5 Å². The van der Waals surface area contributed by atoms with Crippen molar-refractivity contribution in [3.8, 4) is 0 Å². The van der Waals surface area contributed by atoms with Crippen molar-refractivity contribution >= 4 is 16.8 Å². The van der Waals surface area contributed by atoms with E-state index in [-0.39, 0.29) is 11.7 Å². The van der Waals surface area contributed by atoms with Gasteiger partial charge in [0.25, 0.3) is 5.91 Å². The minimum absolute atomic E-state index is 0.0708. The van der Waals surface area contributed by atoms with E-state index in [1.165, 1.54) is 6.07 Å². The summed E-state index contributed by atoms with van der Waals surface area (Å²) in [4.78, 5) is 17.2. The van der Waals surface area contributed by atoms with Gasteiger partial charge in [-0.05, 0) is 24.6 Å². The molecule has 1 aromatic heterocycles. The Hall–Kier alpha value is -2.66. The number of aromatic nitrogens is 1. The zero-order valence-corrected chi connectivity index (χ0v) is 15.6. The van der Waals surface area contributed by atoms with Gasteiger partial charge in [0.2, 0.25) is 0 Å². The summed E-state index contributed by atoms with van der Waals surface area (Å²) in [6.07, 6.45) is 0.893. The fourth-order valence-corrected chi connectivity index (χ4v) is 3.86. The quantitative estimate of drug-likeness (QED) is 0.709. The first-order valence-corrected chi connectivity index (χ1v) is 9.43. The van der Waals surface area contributed by atoms with Gasteiger partial charge in [-0.3, -0.25) is 9.69 Å². The molecule has 5 heteroatoms. The van der Waals surface area contributed by atoms with Crippen LogP contribution < -0.4 is 0 Å². The molecule has 0 radical (unpaired) electrons. The molecule has 0 unspecified atom stereocenters. The molecule has 3 aromatic rings. The van der Waals surface area contributed by atoms with Crippen LogP contribution in [0.5, 0.6) is 0 Å². The molecule has 1 aliphatic heterocycles. The minimum atomic E-state index is -0.162. The third kappa shape index (κ3) is 3.60. The number of fused-ring (bicyclic) bond motifs is 1. The van der Waals surface area contributed by atoms with Gasteiger partial charge in [-0.15, -0.1) is 0 Å². The molecule has 0 spiro atoms. The van der Waals surface area contributed by atoms with Crippen LogP contribution >= 0.6 is 0 Å². The Morgan fingerprint density at radius 1 is 1.00 bits per heavy atom. The Labute approximate surface area is 158 Å². The van der Waals surface area contributed by atoms with Crippen LogP contribution in [-0.4, -0.2) is 46.5 Å². The standard InChI is InChI=1S/C22H24FN3O/c1-24-20-10-5-3-7-17(20)15-21(24)22(27)26-12-6-11-25(13-14-26)16-18-8-2-4-9-19(18)23/h2-5,7-10,15H,6,11-14,16H2,1H3. The maximum Gasteiger partial charge on any atom is 0.270 e. The number of para-hydroxylation sites is 1. The van der Waals surface area contributed by atoms with Crippen LogP contribution in [0.3, 0.4) is 0 Å². The average Bonchev–Trinajstić information content (AvgIpc) is 2.86. The molecule has 2 heterocycles. The van der Waals surface area contributed by atoms with Crippen LogP contribution in [0.25, 0.3) is 10.9 Å². The number of hydrogen-bond donors (Lipinski definition) is 0. The van der Waals surface area contributed by atoms with E-state index in [1.54, 1.807) is 6.07 Å². The van der Waals surface area contributed by atoms with Crippen LogP contribution in [0, 0.1) is 5.82 Å². The maximum atomic E-state index is 13.9. The van der Waals surface area contributed by atoms with E-state index >= 15 is 0 Å². The van der Waals surface area contributed by atoms with Crippen LogP contribution in [0.4, 0.5) is 4.39 Å². The SMILES string of the molecule is Cn1c(C(=O)N2CCCN(Cc3ccccc3F)CC2)cc2ccccc21. The normalized spacial score (nSPS) is 15.9. The highest BCUT2D eigenvalue weighted by atomic mass is 19.1. The van der Waals surface area contributed by atoms with E-state index in [0.717, 1.165) is 42.7 Å². The third-order valence-corrected chi connectivity index (χ3v) is 5.40. The van der Waals surface area contributed by atoms with Crippen LogP contribution in [-0.2, 0) is 13.6 Å². The molecular weight excluding hydrogens is 341 g/mol. The molecule has 0 bridgehead atoms. The number of carbonyl (C=O) groups excluding carboxylic acids is 1. The molecule has 4 rings (SSSR count). The molecule has 0 N–H and O–H groups in total. The van der Waals surface area contributed by atoms with Gasteiger partial charge in [0.05, 0.1) is 0 Å². The Bertz CT molecular complexity index is 965. The first kappa shape index (κ1) is 17.7. The molecule has 2 aromatic carbocycles. The van der Waals surface area contributed by atoms with E-state index in [2.05, 4.69) is 4.90 Å². The Balaban J connectivity index is 1.46. The monoisotopic (exact) mass is 365 g/mol. The topological polar surface area (TPSA) is 28.5 Å². The molecule has 0 aliphatic carbocycles. The van der Waals surface area contributed by atoms with Gasteiger partial charge in [0, 0.05) is 56.2 Å². The van der Waals surface area contributed by atoms with E-state index in [1.807, 2.05) is 59.0 Å². The average molecular weight is 365 g/mol. The van der Waals surface area contributed by atoms with Crippen molar-refractivity contribution in [1.29, 1.82) is 0 Å². The van der Waals surface area contributed by atoms with Crippen LogP contribution in [0.2, 0.25) is 0 Å². The second-order valence-electron chi connectivity index (χ2n) is 7.16. The van der Waals surface area contributed by atoms with E-state index < -0.39 is 0 Å². The predicted octanol–water partition coefficient (Wildman–Crippen LogP) is 3.67. The van der Waals surface area contributed by atoms with Crippen molar-refractivity contribution in [2.45, 2.75) is 13.0 Å². The summed E-state index contributed by atoms with van der Waals surface area (Å²) >= 11 is 0. The zero-order valence-electron chi connectivity index (χ0n) is 15.6. The number of amides is 1. The van der Waals surface area contributed by atoms with Crippen molar-refractivity contribution in [1.82, 2.24) is 14.4 Å². The van der Waals surface area contributed by atoms with E-state index in [9.17, 15) is 9.18 Å². The Kier molecular flexibility index (Phi) is 4.94. The largest absolute Gasteiger partial charge is 0.340 e. The lowest BCUT2D eigenvalue weighted by molar-refractivity contribution is 0.0752. The first-order chi connectivity index (χ1) is 13.1. The van der Waals surface area contributed by atoms with Crippen LogP contribution in [0.15, 0.2) is 54.6 Å². The summed E-state index contributed by atoms with van der Waals surface area (Å²) in [6, 6.07) is 16.9. The van der Waals surface area contributed by atoms with Crippen LogP contribution in [0.1, 0.15) is 22.5 Å². The van der Waals surface area contributed by atoms with E-state index in [0.29, 0.717) is 18.7 Å². The summed E-state index contributed by atoms with van der Waals surface area (Å²) in [6.45, 7) is 3.60. The highest BCUT2D eigenvalue weighted by molar-refractivity contribution is 5.98.